The van der Waals surface area contributed by atoms with Gasteiger partial charge in [0.05, 0.1) is 6.04 Å². The number of carboxylic acids is 1. The van der Waals surface area contributed by atoms with Gasteiger partial charge in [-0.2, -0.15) is 0 Å². The zero-order valence-electron chi connectivity index (χ0n) is 10.5. The minimum atomic E-state index is -1.19. The second-order valence-corrected chi connectivity index (χ2v) is 4.21. The molecule has 0 aliphatic heterocycles. The number of aliphatic hydroxyl groups is 1. The van der Waals surface area contributed by atoms with Gasteiger partial charge in [-0.1, -0.05) is 30.3 Å². The van der Waals surface area contributed by atoms with Crippen LogP contribution in [-0.4, -0.2) is 40.8 Å². The van der Waals surface area contributed by atoms with Crippen LogP contribution in [-0.2, 0) is 16.0 Å². The van der Waals surface area contributed by atoms with Gasteiger partial charge < -0.3 is 21.3 Å². The van der Waals surface area contributed by atoms with Gasteiger partial charge in [0, 0.05) is 13.0 Å². The molecule has 1 aromatic rings. The van der Waals surface area contributed by atoms with E-state index in [2.05, 4.69) is 5.32 Å². The number of benzene rings is 1. The number of aliphatic hydroxyl groups excluding tert-OH is 1. The topological polar surface area (TPSA) is 113 Å². The maximum absolute atomic E-state index is 11.8. The third kappa shape index (κ3) is 5.07. The Morgan fingerprint density at radius 1 is 1.26 bits per heavy atom. The highest BCUT2D eigenvalue weighted by atomic mass is 16.4. The molecule has 0 aliphatic rings. The highest BCUT2D eigenvalue weighted by Crippen LogP contribution is 2.02. The van der Waals surface area contributed by atoms with Crippen LogP contribution in [0.25, 0.3) is 0 Å². The smallest absolute Gasteiger partial charge is 0.326 e. The van der Waals surface area contributed by atoms with Gasteiger partial charge in [0.15, 0.2) is 0 Å². The molecule has 2 atom stereocenters. The van der Waals surface area contributed by atoms with Gasteiger partial charge in [0.1, 0.15) is 6.04 Å². The lowest BCUT2D eigenvalue weighted by Gasteiger charge is -2.17. The van der Waals surface area contributed by atoms with Crippen molar-refractivity contribution in [1.82, 2.24) is 5.32 Å². The summed E-state index contributed by atoms with van der Waals surface area (Å²) in [4.78, 5) is 22.6. The minimum absolute atomic E-state index is 0.0425. The number of carboxylic acid groups (broad SMARTS) is 1. The van der Waals surface area contributed by atoms with Crippen LogP contribution in [0.4, 0.5) is 0 Å². The van der Waals surface area contributed by atoms with E-state index >= 15 is 0 Å². The molecule has 104 valence electrons. The van der Waals surface area contributed by atoms with Crippen molar-refractivity contribution in [3.8, 4) is 0 Å². The quantitative estimate of drug-likeness (QED) is 0.532. The van der Waals surface area contributed by atoms with Crippen LogP contribution >= 0.6 is 0 Å². The molecule has 0 heterocycles. The standard InChI is InChI=1S/C13H18N2O4/c14-10(8-9-4-2-1-3-5-9)12(17)15-11(6-7-16)13(18)19/h1-5,10-11,16H,6-8,14H2,(H,15,17)(H,18,19)/t10-,11?/m0/s1. The molecule has 19 heavy (non-hydrogen) atoms. The Bertz CT molecular complexity index is 422. The van der Waals surface area contributed by atoms with E-state index < -0.39 is 24.0 Å². The molecule has 1 unspecified atom stereocenters. The first-order chi connectivity index (χ1) is 9.04. The number of hydrogen-bond donors (Lipinski definition) is 4. The molecule has 5 N–H and O–H groups in total. The second-order valence-electron chi connectivity index (χ2n) is 4.21. The summed E-state index contributed by atoms with van der Waals surface area (Å²) in [5.41, 5.74) is 6.63. The van der Waals surface area contributed by atoms with Crippen molar-refractivity contribution in [2.75, 3.05) is 6.61 Å². The number of carbonyl (C=O) groups excluding carboxylic acids is 1. The number of nitrogens with one attached hydrogen (secondary N) is 1. The summed E-state index contributed by atoms with van der Waals surface area (Å²) < 4.78 is 0. The Balaban J connectivity index is 2.54. The molecule has 0 saturated heterocycles. The average molecular weight is 266 g/mol. The Kier molecular flexibility index (Phi) is 5.98. The summed E-state index contributed by atoms with van der Waals surface area (Å²) in [6.45, 7) is -0.314. The lowest BCUT2D eigenvalue weighted by atomic mass is 10.1. The zero-order chi connectivity index (χ0) is 14.3. The third-order valence-electron chi connectivity index (χ3n) is 2.67. The summed E-state index contributed by atoms with van der Waals surface area (Å²) in [5.74, 6) is -1.72. The van der Waals surface area contributed by atoms with E-state index in [0.717, 1.165) is 5.56 Å². The fourth-order valence-electron chi connectivity index (χ4n) is 1.63. The van der Waals surface area contributed by atoms with Crippen molar-refractivity contribution in [2.45, 2.75) is 24.9 Å². The molecule has 0 radical (unpaired) electrons. The third-order valence-corrected chi connectivity index (χ3v) is 2.67. The van der Waals surface area contributed by atoms with Gasteiger partial charge in [-0.05, 0) is 12.0 Å². The van der Waals surface area contributed by atoms with E-state index in [1.165, 1.54) is 0 Å². The van der Waals surface area contributed by atoms with E-state index in [-0.39, 0.29) is 13.0 Å². The highest BCUT2D eigenvalue weighted by Gasteiger charge is 2.22. The normalized spacial score (nSPS) is 13.6. The van der Waals surface area contributed by atoms with Crippen molar-refractivity contribution < 1.29 is 19.8 Å². The SMILES string of the molecule is N[C@@H](Cc1ccccc1)C(=O)NC(CCO)C(=O)O. The molecule has 6 nitrogen and oxygen atoms in total. The van der Waals surface area contributed by atoms with Crippen LogP contribution in [0.5, 0.6) is 0 Å². The molecular formula is C13H18N2O4. The van der Waals surface area contributed by atoms with E-state index in [1.807, 2.05) is 30.3 Å². The zero-order valence-corrected chi connectivity index (χ0v) is 10.5. The van der Waals surface area contributed by atoms with E-state index in [9.17, 15) is 9.59 Å². The molecule has 0 spiro atoms. The van der Waals surface area contributed by atoms with Crippen LogP contribution in [0.3, 0.4) is 0 Å². The first-order valence-corrected chi connectivity index (χ1v) is 5.98. The number of carbonyl (C=O) groups is 2. The number of rotatable bonds is 7. The number of nitrogens with two attached hydrogens (primary N) is 1. The molecule has 6 heteroatoms. The first-order valence-electron chi connectivity index (χ1n) is 5.98. The van der Waals surface area contributed by atoms with Gasteiger partial charge in [-0.25, -0.2) is 4.79 Å². The lowest BCUT2D eigenvalue weighted by molar-refractivity contribution is -0.142. The summed E-state index contributed by atoms with van der Waals surface area (Å²) in [6.07, 6.45) is 0.289. The van der Waals surface area contributed by atoms with Crippen molar-refractivity contribution in [2.24, 2.45) is 5.73 Å². The fourth-order valence-corrected chi connectivity index (χ4v) is 1.63. The molecular weight excluding hydrogens is 248 g/mol. The summed E-state index contributed by atoms with van der Waals surface area (Å²) >= 11 is 0. The van der Waals surface area contributed by atoms with Gasteiger partial charge in [-0.3, -0.25) is 4.79 Å². The molecule has 1 aromatic carbocycles. The van der Waals surface area contributed by atoms with Gasteiger partial charge in [0.2, 0.25) is 5.91 Å². The molecule has 0 bridgehead atoms. The average Bonchev–Trinajstić information content (AvgIpc) is 2.39. The van der Waals surface area contributed by atoms with Crippen molar-refractivity contribution in [3.63, 3.8) is 0 Å². The van der Waals surface area contributed by atoms with Crippen LogP contribution in [0.2, 0.25) is 0 Å². The van der Waals surface area contributed by atoms with Crippen LogP contribution in [0, 0.1) is 0 Å². The van der Waals surface area contributed by atoms with Gasteiger partial charge >= 0.3 is 5.97 Å². The van der Waals surface area contributed by atoms with Gasteiger partial charge in [0.25, 0.3) is 0 Å². The molecule has 1 amide bonds. The maximum Gasteiger partial charge on any atom is 0.326 e. The molecule has 0 saturated carbocycles. The molecule has 0 fully saturated rings. The van der Waals surface area contributed by atoms with Crippen molar-refractivity contribution >= 4 is 11.9 Å². The number of hydrogen-bond acceptors (Lipinski definition) is 4. The lowest BCUT2D eigenvalue weighted by Crippen LogP contribution is -2.49. The summed E-state index contributed by atoms with van der Waals surface area (Å²) in [5, 5.41) is 19.9. The van der Waals surface area contributed by atoms with E-state index in [4.69, 9.17) is 15.9 Å². The predicted molar refractivity (Wildman–Crippen MR) is 69.4 cm³/mol. The molecule has 0 aromatic heterocycles. The van der Waals surface area contributed by atoms with E-state index in [1.54, 1.807) is 0 Å². The Labute approximate surface area is 111 Å². The van der Waals surface area contributed by atoms with E-state index in [0.29, 0.717) is 6.42 Å². The van der Waals surface area contributed by atoms with Gasteiger partial charge in [-0.15, -0.1) is 0 Å². The van der Waals surface area contributed by atoms with Crippen LogP contribution in [0.15, 0.2) is 30.3 Å². The largest absolute Gasteiger partial charge is 0.480 e. The molecule has 0 aliphatic carbocycles. The Morgan fingerprint density at radius 2 is 1.89 bits per heavy atom. The Hall–Kier alpha value is -1.92. The van der Waals surface area contributed by atoms with Crippen LogP contribution < -0.4 is 11.1 Å². The van der Waals surface area contributed by atoms with Crippen molar-refractivity contribution in [3.05, 3.63) is 35.9 Å². The number of aliphatic carboxylic acids is 1. The Morgan fingerprint density at radius 3 is 2.42 bits per heavy atom. The second kappa shape index (κ2) is 7.50. The van der Waals surface area contributed by atoms with Crippen LogP contribution in [0.1, 0.15) is 12.0 Å². The molecule has 1 rings (SSSR count). The monoisotopic (exact) mass is 266 g/mol. The fraction of sp³-hybridized carbons (Fsp3) is 0.385. The predicted octanol–water partition coefficient (Wildman–Crippen LogP) is -0.492. The highest BCUT2D eigenvalue weighted by molar-refractivity contribution is 5.86. The minimum Gasteiger partial charge on any atom is -0.480 e. The summed E-state index contributed by atoms with van der Waals surface area (Å²) in [6, 6.07) is 7.29. The number of amides is 1. The maximum atomic E-state index is 11.8. The summed E-state index contributed by atoms with van der Waals surface area (Å²) in [7, 11) is 0. The van der Waals surface area contributed by atoms with Crippen molar-refractivity contribution in [1.29, 1.82) is 0 Å². The first kappa shape index (κ1) is 15.1.